The molecule has 0 unspecified atom stereocenters. The molecule has 0 spiro atoms. The van der Waals surface area contributed by atoms with E-state index in [4.69, 9.17) is 5.11 Å². The number of amides is 5. The molecular formula is C40H44F2N8O6. The van der Waals surface area contributed by atoms with E-state index in [1.165, 1.54) is 0 Å². The van der Waals surface area contributed by atoms with Gasteiger partial charge in [0.15, 0.2) is 11.6 Å². The lowest BCUT2D eigenvalue weighted by atomic mass is 9.81. The first kappa shape index (κ1) is 39.5. The monoisotopic (exact) mass is 770 g/mol. The second-order valence-electron chi connectivity index (χ2n) is 14.3. The molecule has 0 radical (unpaired) electrons. The van der Waals surface area contributed by atoms with Crippen molar-refractivity contribution < 1.29 is 37.9 Å². The number of nitrogens with one attached hydrogen (secondary N) is 6. The summed E-state index contributed by atoms with van der Waals surface area (Å²) in [5, 5.41) is 28.8. The van der Waals surface area contributed by atoms with Gasteiger partial charge in [-0.15, -0.1) is 0 Å². The molecule has 7 N–H and O–H groups in total. The Morgan fingerprint density at radius 2 is 1.64 bits per heavy atom. The molecule has 4 aromatic rings. The number of carboxylic acid groups (broad SMARTS) is 1. The van der Waals surface area contributed by atoms with Gasteiger partial charge in [-0.25, -0.2) is 18.6 Å². The third-order valence-corrected chi connectivity index (χ3v) is 10.3. The van der Waals surface area contributed by atoms with Crippen LogP contribution in [0.1, 0.15) is 72.3 Å². The van der Waals surface area contributed by atoms with Gasteiger partial charge in [0, 0.05) is 42.2 Å². The summed E-state index contributed by atoms with van der Waals surface area (Å²) in [5.74, 6) is -1.87. The zero-order valence-electron chi connectivity index (χ0n) is 30.7. The molecule has 16 heteroatoms. The summed E-state index contributed by atoms with van der Waals surface area (Å²) in [6.45, 7) is 2.83. The normalized spacial score (nSPS) is 18.7. The van der Waals surface area contributed by atoms with Gasteiger partial charge in [0.2, 0.25) is 17.7 Å². The van der Waals surface area contributed by atoms with E-state index in [0.29, 0.717) is 62.0 Å². The van der Waals surface area contributed by atoms with Crippen molar-refractivity contribution in [3.8, 4) is 22.5 Å². The third kappa shape index (κ3) is 10.1. The number of rotatable bonds is 13. The SMILES string of the molecule is Cc1cc(C(=O)N[C@@H]2CCCNC2=O)ccc1-c1ccc(C[C@H](NC(=O)C2CCC(CNC(=O)O)CC2)C(=O)Nc2ccc(-c3n[nH]c(C(F)F)n3)cc2)cc1. The summed E-state index contributed by atoms with van der Waals surface area (Å²) >= 11 is 0. The smallest absolute Gasteiger partial charge is 0.404 e. The molecule has 6 rings (SSSR count). The molecule has 0 bridgehead atoms. The number of carbonyl (C=O) groups is 5. The number of aryl methyl sites for hydroxylation is 1. The van der Waals surface area contributed by atoms with Gasteiger partial charge in [-0.05, 0) is 110 Å². The molecule has 56 heavy (non-hydrogen) atoms. The molecule has 1 saturated carbocycles. The van der Waals surface area contributed by atoms with Gasteiger partial charge >= 0.3 is 6.09 Å². The highest BCUT2D eigenvalue weighted by atomic mass is 19.3. The molecule has 2 aliphatic rings. The number of alkyl halides is 2. The first-order valence-corrected chi connectivity index (χ1v) is 18.6. The molecule has 1 aliphatic carbocycles. The Morgan fingerprint density at radius 1 is 0.929 bits per heavy atom. The van der Waals surface area contributed by atoms with E-state index in [1.54, 1.807) is 36.4 Å². The van der Waals surface area contributed by atoms with Gasteiger partial charge in [-0.3, -0.25) is 24.3 Å². The summed E-state index contributed by atoms with van der Waals surface area (Å²) in [6.07, 6.45) is 0.163. The van der Waals surface area contributed by atoms with Crippen molar-refractivity contribution >= 4 is 35.4 Å². The maximum atomic E-state index is 13.8. The number of halogens is 2. The van der Waals surface area contributed by atoms with Crippen molar-refractivity contribution in [2.75, 3.05) is 18.4 Å². The van der Waals surface area contributed by atoms with Crippen LogP contribution in [-0.2, 0) is 20.8 Å². The van der Waals surface area contributed by atoms with Crippen molar-refractivity contribution in [1.29, 1.82) is 0 Å². The van der Waals surface area contributed by atoms with E-state index in [9.17, 15) is 32.8 Å². The molecule has 1 saturated heterocycles. The van der Waals surface area contributed by atoms with E-state index < -0.39 is 36.3 Å². The number of aromatic amines is 1. The van der Waals surface area contributed by atoms with E-state index in [2.05, 4.69) is 41.8 Å². The van der Waals surface area contributed by atoms with Gasteiger partial charge in [-0.1, -0.05) is 30.3 Å². The number of carbonyl (C=O) groups excluding carboxylic acids is 4. The Kier molecular flexibility index (Phi) is 12.7. The fourth-order valence-electron chi connectivity index (χ4n) is 7.13. The zero-order chi connectivity index (χ0) is 39.8. The maximum Gasteiger partial charge on any atom is 0.404 e. The minimum atomic E-state index is -2.80. The van der Waals surface area contributed by atoms with Crippen molar-refractivity contribution in [3.63, 3.8) is 0 Å². The lowest BCUT2D eigenvalue weighted by Gasteiger charge is -2.29. The van der Waals surface area contributed by atoms with Crippen LogP contribution in [0, 0.1) is 18.8 Å². The highest BCUT2D eigenvalue weighted by Crippen LogP contribution is 2.30. The predicted octanol–water partition coefficient (Wildman–Crippen LogP) is 5.13. The molecule has 2 fully saturated rings. The first-order valence-electron chi connectivity index (χ1n) is 18.6. The second kappa shape index (κ2) is 18.0. The minimum absolute atomic E-state index is 0.0852. The number of anilines is 1. The first-order chi connectivity index (χ1) is 26.9. The Morgan fingerprint density at radius 3 is 2.29 bits per heavy atom. The lowest BCUT2D eigenvalue weighted by Crippen LogP contribution is -2.50. The molecular weight excluding hydrogens is 726 g/mol. The van der Waals surface area contributed by atoms with Gasteiger partial charge in [0.05, 0.1) is 0 Å². The van der Waals surface area contributed by atoms with Crippen LogP contribution in [0.3, 0.4) is 0 Å². The summed E-state index contributed by atoms with van der Waals surface area (Å²) in [6, 6.07) is 17.8. The van der Waals surface area contributed by atoms with E-state index >= 15 is 0 Å². The number of nitrogens with zero attached hydrogens (tertiary/aromatic N) is 2. The molecule has 294 valence electrons. The van der Waals surface area contributed by atoms with Gasteiger partial charge in [-0.2, -0.15) is 5.10 Å². The van der Waals surface area contributed by atoms with Crippen molar-refractivity contribution in [2.45, 2.75) is 70.4 Å². The molecule has 2 heterocycles. The Bertz CT molecular complexity index is 2050. The van der Waals surface area contributed by atoms with E-state index in [-0.39, 0.29) is 41.8 Å². The predicted molar refractivity (Wildman–Crippen MR) is 203 cm³/mol. The highest BCUT2D eigenvalue weighted by Gasteiger charge is 2.30. The molecule has 5 amide bonds. The molecule has 1 aromatic heterocycles. The Labute approximate surface area is 321 Å². The second-order valence-corrected chi connectivity index (χ2v) is 14.3. The standard InChI is InChI=1S/C40H44F2N8O6/c1-22-19-28(37(52)46-31-3-2-18-43-38(31)53)14-17-30(22)25-8-4-23(5-9-25)20-32(47-36(51)27-10-6-24(7-11-27)21-44-40(55)56)39(54)45-29-15-12-26(13-16-29)34-48-35(33(41)42)50-49-34/h4-5,8-9,12-17,19,24,27,31-33,44H,2-3,6-7,10-11,18,20-21H2,1H3,(H,43,53)(H,45,54)(H,46,52)(H,47,51)(H,55,56)(H,48,49,50)/t24?,27?,31-,32+/m1/s1. The number of benzene rings is 3. The zero-order valence-corrected chi connectivity index (χ0v) is 30.7. The van der Waals surface area contributed by atoms with E-state index in [0.717, 1.165) is 28.7 Å². The van der Waals surface area contributed by atoms with Gasteiger partial charge < -0.3 is 31.7 Å². The number of hydrogen-bond donors (Lipinski definition) is 7. The third-order valence-electron chi connectivity index (χ3n) is 10.3. The number of piperidine rings is 1. The van der Waals surface area contributed by atoms with Crippen LogP contribution < -0.4 is 26.6 Å². The van der Waals surface area contributed by atoms with Crippen molar-refractivity contribution in [3.05, 3.63) is 89.2 Å². The molecule has 3 aromatic carbocycles. The van der Waals surface area contributed by atoms with Crippen molar-refractivity contribution in [1.82, 2.24) is 36.4 Å². The summed E-state index contributed by atoms with van der Waals surface area (Å²) in [4.78, 5) is 67.1. The fraction of sp³-hybridized carbons (Fsp3) is 0.375. The van der Waals surface area contributed by atoms with Crippen LogP contribution in [0.2, 0.25) is 0 Å². The largest absolute Gasteiger partial charge is 0.465 e. The molecule has 1 aliphatic heterocycles. The van der Waals surface area contributed by atoms with Crippen LogP contribution in [-0.4, -0.2) is 75.2 Å². The summed E-state index contributed by atoms with van der Waals surface area (Å²) in [7, 11) is 0. The molecule has 2 atom stereocenters. The average molecular weight is 771 g/mol. The number of aromatic nitrogens is 3. The Balaban J connectivity index is 1.13. The summed E-state index contributed by atoms with van der Waals surface area (Å²) in [5.41, 5.74) is 4.76. The van der Waals surface area contributed by atoms with Crippen LogP contribution in [0.15, 0.2) is 66.7 Å². The summed E-state index contributed by atoms with van der Waals surface area (Å²) < 4.78 is 26.0. The highest BCUT2D eigenvalue weighted by molar-refractivity contribution is 5.99. The Hall–Kier alpha value is -6.19. The number of H-pyrrole nitrogens is 1. The van der Waals surface area contributed by atoms with Gasteiger partial charge in [0.25, 0.3) is 12.3 Å². The number of hydrogen-bond acceptors (Lipinski definition) is 7. The average Bonchev–Trinajstić information content (AvgIpc) is 3.70. The van der Waals surface area contributed by atoms with Crippen LogP contribution in [0.5, 0.6) is 0 Å². The maximum absolute atomic E-state index is 13.8. The quantitative estimate of drug-likeness (QED) is 0.0968. The van der Waals surface area contributed by atoms with Gasteiger partial charge in [0.1, 0.15) is 12.1 Å². The fourth-order valence-corrected chi connectivity index (χ4v) is 7.13. The van der Waals surface area contributed by atoms with Crippen LogP contribution >= 0.6 is 0 Å². The van der Waals surface area contributed by atoms with Crippen molar-refractivity contribution in [2.24, 2.45) is 11.8 Å². The lowest BCUT2D eigenvalue weighted by molar-refractivity contribution is -0.130. The topological polar surface area (TPSA) is 207 Å². The molecule has 14 nitrogen and oxygen atoms in total. The minimum Gasteiger partial charge on any atom is -0.465 e. The van der Waals surface area contributed by atoms with Crippen LogP contribution in [0.25, 0.3) is 22.5 Å². The van der Waals surface area contributed by atoms with Crippen LogP contribution in [0.4, 0.5) is 19.3 Å². The van der Waals surface area contributed by atoms with E-state index in [1.807, 2.05) is 37.3 Å².